The molecule has 0 radical (unpaired) electrons. The van der Waals surface area contributed by atoms with Crippen LogP contribution in [0, 0.1) is 6.92 Å². The summed E-state index contributed by atoms with van der Waals surface area (Å²) in [7, 11) is 5.18. The van der Waals surface area contributed by atoms with Gasteiger partial charge in [0.25, 0.3) is 0 Å². The van der Waals surface area contributed by atoms with Gasteiger partial charge in [-0.15, -0.1) is 11.3 Å². The van der Waals surface area contributed by atoms with E-state index in [4.69, 9.17) is 9.47 Å². The Bertz CT molecular complexity index is 777. The number of rotatable bonds is 6. The van der Waals surface area contributed by atoms with Crippen LogP contribution in [0.1, 0.15) is 41.7 Å². The zero-order valence-corrected chi connectivity index (χ0v) is 16.8. The molecule has 1 fully saturated rings. The maximum absolute atomic E-state index is 13.5. The zero-order chi connectivity index (χ0) is 18.7. The Labute approximate surface area is 159 Å². The van der Waals surface area contributed by atoms with E-state index in [1.807, 2.05) is 30.1 Å². The third kappa shape index (κ3) is 3.32. The number of methoxy groups -OCH3 is 2. The smallest absolute Gasteiger partial charge is 0.233 e. The molecular formula is C21H27NO3S. The molecule has 1 aliphatic rings. The van der Waals surface area contributed by atoms with E-state index in [-0.39, 0.29) is 5.91 Å². The van der Waals surface area contributed by atoms with Crippen LogP contribution in [0.2, 0.25) is 0 Å². The van der Waals surface area contributed by atoms with Crippen molar-refractivity contribution in [1.82, 2.24) is 4.90 Å². The van der Waals surface area contributed by atoms with Crippen LogP contribution in [-0.2, 0) is 16.8 Å². The zero-order valence-electron chi connectivity index (χ0n) is 16.0. The van der Waals surface area contributed by atoms with Gasteiger partial charge in [0, 0.05) is 11.9 Å². The Morgan fingerprint density at radius 2 is 1.85 bits per heavy atom. The SMILES string of the molecule is COc1ccc(C2(C(=O)N(C)Cc3sccc3C)CCCC2)cc1OC. The number of carbonyl (C=O) groups is 1. The minimum Gasteiger partial charge on any atom is -0.493 e. The number of thiophene rings is 1. The lowest BCUT2D eigenvalue weighted by atomic mass is 9.77. The first-order valence-corrected chi connectivity index (χ1v) is 9.91. The molecule has 4 nitrogen and oxygen atoms in total. The van der Waals surface area contributed by atoms with E-state index >= 15 is 0 Å². The molecule has 140 valence electrons. The monoisotopic (exact) mass is 373 g/mol. The van der Waals surface area contributed by atoms with Crippen molar-refractivity contribution in [3.8, 4) is 11.5 Å². The van der Waals surface area contributed by atoms with Crippen LogP contribution in [0.25, 0.3) is 0 Å². The van der Waals surface area contributed by atoms with E-state index in [1.54, 1.807) is 25.6 Å². The van der Waals surface area contributed by atoms with Crippen molar-refractivity contribution in [2.75, 3.05) is 21.3 Å². The van der Waals surface area contributed by atoms with Crippen molar-refractivity contribution in [3.05, 3.63) is 45.6 Å². The molecule has 0 unspecified atom stereocenters. The van der Waals surface area contributed by atoms with Crippen LogP contribution in [0.4, 0.5) is 0 Å². The highest BCUT2D eigenvalue weighted by Crippen LogP contribution is 2.45. The first-order valence-electron chi connectivity index (χ1n) is 9.03. The molecule has 2 aromatic rings. The highest BCUT2D eigenvalue weighted by atomic mass is 32.1. The van der Waals surface area contributed by atoms with Crippen LogP contribution >= 0.6 is 11.3 Å². The molecule has 0 bridgehead atoms. The fourth-order valence-corrected chi connectivity index (χ4v) is 4.92. The number of carbonyl (C=O) groups excluding carboxylic acids is 1. The summed E-state index contributed by atoms with van der Waals surface area (Å²) in [6, 6.07) is 8.02. The van der Waals surface area contributed by atoms with E-state index in [9.17, 15) is 4.79 Å². The summed E-state index contributed by atoms with van der Waals surface area (Å²) in [5.74, 6) is 1.58. The molecule has 0 saturated heterocycles. The van der Waals surface area contributed by atoms with Gasteiger partial charge >= 0.3 is 0 Å². The van der Waals surface area contributed by atoms with E-state index < -0.39 is 5.41 Å². The van der Waals surface area contributed by atoms with Crippen molar-refractivity contribution in [3.63, 3.8) is 0 Å². The summed E-state index contributed by atoms with van der Waals surface area (Å²) in [5, 5.41) is 2.09. The van der Waals surface area contributed by atoms with Crippen LogP contribution < -0.4 is 9.47 Å². The van der Waals surface area contributed by atoms with Crippen molar-refractivity contribution < 1.29 is 14.3 Å². The second-order valence-corrected chi connectivity index (χ2v) is 8.05. The molecule has 0 atom stereocenters. The highest BCUT2D eigenvalue weighted by molar-refractivity contribution is 7.10. The maximum atomic E-state index is 13.5. The molecule has 1 saturated carbocycles. The van der Waals surface area contributed by atoms with Gasteiger partial charge in [0.2, 0.25) is 5.91 Å². The molecule has 1 aromatic carbocycles. The molecule has 1 heterocycles. The third-order valence-corrected chi connectivity index (χ3v) is 6.51. The average molecular weight is 374 g/mol. The first kappa shape index (κ1) is 18.8. The topological polar surface area (TPSA) is 38.8 Å². The minimum absolute atomic E-state index is 0.204. The number of benzene rings is 1. The number of hydrogen-bond acceptors (Lipinski definition) is 4. The fourth-order valence-electron chi connectivity index (χ4n) is 3.96. The summed E-state index contributed by atoms with van der Waals surface area (Å²) in [4.78, 5) is 16.7. The molecule has 1 amide bonds. The van der Waals surface area contributed by atoms with Gasteiger partial charge in [-0.3, -0.25) is 4.79 Å². The Hall–Kier alpha value is -2.01. The summed E-state index contributed by atoms with van der Waals surface area (Å²) in [5.41, 5.74) is 1.83. The van der Waals surface area contributed by atoms with Gasteiger partial charge in [-0.25, -0.2) is 0 Å². The quantitative estimate of drug-likeness (QED) is 0.746. The van der Waals surface area contributed by atoms with Crippen LogP contribution in [0.5, 0.6) is 11.5 Å². The lowest BCUT2D eigenvalue weighted by molar-refractivity contribution is -0.136. The second-order valence-electron chi connectivity index (χ2n) is 7.05. The van der Waals surface area contributed by atoms with E-state index in [2.05, 4.69) is 18.4 Å². The Morgan fingerprint density at radius 3 is 2.42 bits per heavy atom. The summed E-state index contributed by atoms with van der Waals surface area (Å²) in [6.07, 6.45) is 3.92. The molecule has 0 aliphatic heterocycles. The number of hydrogen-bond donors (Lipinski definition) is 0. The molecule has 0 spiro atoms. The number of ether oxygens (including phenoxy) is 2. The maximum Gasteiger partial charge on any atom is 0.233 e. The molecule has 0 N–H and O–H groups in total. The fraction of sp³-hybridized carbons (Fsp3) is 0.476. The largest absolute Gasteiger partial charge is 0.493 e. The van der Waals surface area contributed by atoms with Crippen LogP contribution in [0.15, 0.2) is 29.6 Å². The molecule has 1 aromatic heterocycles. The van der Waals surface area contributed by atoms with Crippen molar-refractivity contribution >= 4 is 17.2 Å². The van der Waals surface area contributed by atoms with Gasteiger partial charge in [-0.2, -0.15) is 0 Å². The standard InChI is InChI=1S/C21H27NO3S/c1-15-9-12-26-19(15)14-22(2)20(23)21(10-5-6-11-21)16-7-8-17(24-3)18(13-16)25-4/h7-9,12-13H,5-6,10-11,14H2,1-4H3. The van der Waals surface area contributed by atoms with Gasteiger partial charge in [0.15, 0.2) is 11.5 Å². The van der Waals surface area contributed by atoms with Gasteiger partial charge < -0.3 is 14.4 Å². The van der Waals surface area contributed by atoms with Crippen molar-refractivity contribution in [2.24, 2.45) is 0 Å². The van der Waals surface area contributed by atoms with Gasteiger partial charge in [0.1, 0.15) is 0 Å². The molecule has 5 heteroatoms. The van der Waals surface area contributed by atoms with Crippen molar-refractivity contribution in [1.29, 1.82) is 0 Å². The number of nitrogens with zero attached hydrogens (tertiary/aromatic N) is 1. The first-order chi connectivity index (χ1) is 12.5. The van der Waals surface area contributed by atoms with E-state index in [1.165, 1.54) is 10.4 Å². The number of likely N-dealkylation sites (N-methyl/N-ethyl adjacent to an activating group) is 1. The number of amides is 1. The summed E-state index contributed by atoms with van der Waals surface area (Å²) in [6.45, 7) is 2.77. The lowest BCUT2D eigenvalue weighted by Crippen LogP contribution is -2.43. The van der Waals surface area contributed by atoms with Crippen molar-refractivity contribution in [2.45, 2.75) is 44.6 Å². The predicted octanol–water partition coefficient (Wildman–Crippen LogP) is 4.54. The Kier molecular flexibility index (Phi) is 5.56. The van der Waals surface area contributed by atoms with Crippen LogP contribution in [0.3, 0.4) is 0 Å². The minimum atomic E-state index is -0.459. The molecule has 3 rings (SSSR count). The van der Waals surface area contributed by atoms with Gasteiger partial charge in [-0.1, -0.05) is 18.9 Å². The molecular weight excluding hydrogens is 346 g/mol. The van der Waals surface area contributed by atoms with Crippen LogP contribution in [-0.4, -0.2) is 32.1 Å². The normalized spacial score (nSPS) is 15.7. The second kappa shape index (κ2) is 7.70. The van der Waals surface area contributed by atoms with Gasteiger partial charge in [-0.05, 0) is 54.5 Å². The number of aryl methyl sites for hydroxylation is 1. The third-order valence-electron chi connectivity index (χ3n) is 5.50. The highest BCUT2D eigenvalue weighted by Gasteiger charge is 2.44. The molecule has 26 heavy (non-hydrogen) atoms. The Morgan fingerprint density at radius 1 is 1.15 bits per heavy atom. The molecule has 1 aliphatic carbocycles. The average Bonchev–Trinajstić information content (AvgIpc) is 3.31. The van der Waals surface area contributed by atoms with E-state index in [0.29, 0.717) is 18.0 Å². The lowest BCUT2D eigenvalue weighted by Gasteiger charge is -2.33. The Balaban J connectivity index is 1.92. The summed E-state index contributed by atoms with van der Waals surface area (Å²) < 4.78 is 10.8. The summed E-state index contributed by atoms with van der Waals surface area (Å²) >= 11 is 1.71. The van der Waals surface area contributed by atoms with Gasteiger partial charge in [0.05, 0.1) is 26.2 Å². The van der Waals surface area contributed by atoms with E-state index in [0.717, 1.165) is 31.2 Å². The predicted molar refractivity (Wildman–Crippen MR) is 105 cm³/mol.